The number of hydroxylamine groups is 2. The molecule has 4 rings (SSSR count). The van der Waals surface area contributed by atoms with E-state index in [0.29, 0.717) is 10.9 Å². The molecule has 32 heavy (non-hydrogen) atoms. The van der Waals surface area contributed by atoms with Crippen LogP contribution in [0, 0.1) is 6.92 Å². The summed E-state index contributed by atoms with van der Waals surface area (Å²) in [7, 11) is -5.74. The second-order valence-electron chi connectivity index (χ2n) is 7.36. The fourth-order valence-electron chi connectivity index (χ4n) is 3.46. The number of amides is 2. The number of sulfonamides is 1. The van der Waals surface area contributed by atoms with Gasteiger partial charge in [-0.3, -0.25) is 9.59 Å². The van der Waals surface area contributed by atoms with Gasteiger partial charge in [0.25, 0.3) is 11.8 Å². The van der Waals surface area contributed by atoms with E-state index in [9.17, 15) is 26.4 Å². The van der Waals surface area contributed by atoms with Crippen molar-refractivity contribution < 1.29 is 30.7 Å². The first-order valence-electron chi connectivity index (χ1n) is 9.33. The van der Waals surface area contributed by atoms with Crippen molar-refractivity contribution in [3.63, 3.8) is 0 Å². The van der Waals surface area contributed by atoms with Crippen LogP contribution in [0.1, 0.15) is 26.3 Å². The highest BCUT2D eigenvalue weighted by molar-refractivity contribution is 7.89. The summed E-state index contributed by atoms with van der Waals surface area (Å²) in [4.78, 5) is 25.8. The molecule has 3 aromatic rings. The van der Waals surface area contributed by atoms with Crippen LogP contribution in [0.5, 0.6) is 0 Å². The molecule has 0 atom stereocenters. The maximum Gasteiger partial charge on any atom is 0.318 e. The molecule has 9 nitrogen and oxygen atoms in total. The Morgan fingerprint density at radius 2 is 1.50 bits per heavy atom. The standard InChI is InChI=1S/C21H18N2O7S2/c1-13-7-4-5-10-18(13)32(28,29)30-23-20(24)16-9-6-8-14-11-15(31(26,27)22(2)3)12-17(19(14)16)21(23)25/h4-12H,1-3H3. The normalized spacial score (nSPS) is 14.4. The van der Waals surface area contributed by atoms with Crippen LogP contribution in [0.15, 0.2) is 64.4 Å². The number of carbonyl (C=O) groups excluding carboxylic acids is 2. The number of carbonyl (C=O) groups is 2. The molecular formula is C21H18N2O7S2. The number of benzene rings is 3. The fraction of sp³-hybridized carbons (Fsp3) is 0.143. The van der Waals surface area contributed by atoms with Gasteiger partial charge < -0.3 is 0 Å². The van der Waals surface area contributed by atoms with Crippen LogP contribution in [0.3, 0.4) is 0 Å². The molecule has 0 bridgehead atoms. The van der Waals surface area contributed by atoms with Crippen LogP contribution < -0.4 is 0 Å². The topological polar surface area (TPSA) is 118 Å². The molecule has 1 aliphatic heterocycles. The highest BCUT2D eigenvalue weighted by atomic mass is 32.2. The van der Waals surface area contributed by atoms with Crippen LogP contribution >= 0.6 is 0 Å². The van der Waals surface area contributed by atoms with Gasteiger partial charge in [-0.25, -0.2) is 12.7 Å². The molecule has 0 fully saturated rings. The van der Waals surface area contributed by atoms with Crippen molar-refractivity contribution in [2.24, 2.45) is 0 Å². The van der Waals surface area contributed by atoms with E-state index >= 15 is 0 Å². The summed E-state index contributed by atoms with van der Waals surface area (Å²) in [6.45, 7) is 1.55. The molecule has 0 spiro atoms. The summed E-state index contributed by atoms with van der Waals surface area (Å²) in [5.41, 5.74) is 0.232. The van der Waals surface area contributed by atoms with Gasteiger partial charge in [-0.05, 0) is 42.1 Å². The van der Waals surface area contributed by atoms with Gasteiger partial charge in [0.1, 0.15) is 0 Å². The number of hydrogen-bond acceptors (Lipinski definition) is 7. The van der Waals surface area contributed by atoms with Crippen molar-refractivity contribution in [2.45, 2.75) is 16.7 Å². The number of aryl methyl sites for hydroxylation is 1. The van der Waals surface area contributed by atoms with Gasteiger partial charge in [-0.2, -0.15) is 8.42 Å². The summed E-state index contributed by atoms with van der Waals surface area (Å²) in [6.07, 6.45) is 0. The lowest BCUT2D eigenvalue weighted by atomic mass is 9.95. The molecule has 0 aliphatic carbocycles. The third kappa shape index (κ3) is 3.39. The molecule has 3 aromatic carbocycles. The van der Waals surface area contributed by atoms with E-state index in [-0.39, 0.29) is 31.4 Å². The number of rotatable bonds is 5. The summed E-state index contributed by atoms with van der Waals surface area (Å²) < 4.78 is 56.9. The lowest BCUT2D eigenvalue weighted by Gasteiger charge is -2.26. The summed E-state index contributed by atoms with van der Waals surface area (Å²) in [5, 5.41) is 0.738. The van der Waals surface area contributed by atoms with Crippen molar-refractivity contribution >= 4 is 42.7 Å². The molecule has 0 radical (unpaired) electrons. The van der Waals surface area contributed by atoms with E-state index in [1.807, 2.05) is 0 Å². The SMILES string of the molecule is Cc1ccccc1S(=O)(=O)ON1C(=O)c2cccc3cc(S(=O)(=O)N(C)C)cc(c23)C1=O. The zero-order valence-electron chi connectivity index (χ0n) is 17.3. The zero-order chi connectivity index (χ0) is 23.4. The highest BCUT2D eigenvalue weighted by Crippen LogP contribution is 2.34. The molecule has 1 aliphatic rings. The molecular weight excluding hydrogens is 456 g/mol. The molecule has 0 N–H and O–H groups in total. The number of nitrogens with zero attached hydrogens (tertiary/aromatic N) is 2. The third-order valence-electron chi connectivity index (χ3n) is 5.09. The van der Waals surface area contributed by atoms with Crippen molar-refractivity contribution in [3.05, 3.63) is 71.3 Å². The Labute approximate surface area is 184 Å². The minimum atomic E-state index is -4.52. The summed E-state index contributed by atoms with van der Waals surface area (Å²) in [5.74, 6) is -2.04. The van der Waals surface area contributed by atoms with Crippen LogP contribution in [-0.2, 0) is 24.4 Å². The average molecular weight is 475 g/mol. The first-order chi connectivity index (χ1) is 14.9. The molecule has 166 valence electrons. The van der Waals surface area contributed by atoms with Crippen molar-refractivity contribution in [2.75, 3.05) is 14.1 Å². The molecule has 0 saturated carbocycles. The number of hydrogen-bond donors (Lipinski definition) is 0. The van der Waals surface area contributed by atoms with Crippen LogP contribution in [0.25, 0.3) is 10.8 Å². The van der Waals surface area contributed by atoms with Crippen LogP contribution in [-0.4, -0.2) is 52.1 Å². The molecule has 11 heteroatoms. The van der Waals surface area contributed by atoms with Crippen LogP contribution in [0.4, 0.5) is 0 Å². The lowest BCUT2D eigenvalue weighted by Crippen LogP contribution is -2.42. The van der Waals surface area contributed by atoms with E-state index < -0.39 is 32.0 Å². The van der Waals surface area contributed by atoms with Gasteiger partial charge >= 0.3 is 10.1 Å². The Morgan fingerprint density at radius 1 is 0.844 bits per heavy atom. The highest BCUT2D eigenvalue weighted by Gasteiger charge is 2.39. The van der Waals surface area contributed by atoms with E-state index in [1.165, 1.54) is 44.4 Å². The van der Waals surface area contributed by atoms with E-state index in [4.69, 9.17) is 4.28 Å². The Hall–Kier alpha value is -3.12. The largest absolute Gasteiger partial charge is 0.318 e. The van der Waals surface area contributed by atoms with E-state index in [2.05, 4.69) is 0 Å². The lowest BCUT2D eigenvalue weighted by molar-refractivity contribution is -0.0155. The Morgan fingerprint density at radius 3 is 2.16 bits per heavy atom. The van der Waals surface area contributed by atoms with Crippen LogP contribution in [0.2, 0.25) is 0 Å². The van der Waals surface area contributed by atoms with Crippen molar-refractivity contribution in [1.29, 1.82) is 0 Å². The molecule has 2 amide bonds. The second-order valence-corrected chi connectivity index (χ2v) is 11.0. The number of imide groups is 1. The first kappa shape index (κ1) is 22.1. The zero-order valence-corrected chi connectivity index (χ0v) is 18.9. The molecule has 0 saturated heterocycles. The average Bonchev–Trinajstić information content (AvgIpc) is 2.74. The molecule has 1 heterocycles. The van der Waals surface area contributed by atoms with Gasteiger partial charge in [0.2, 0.25) is 10.0 Å². The van der Waals surface area contributed by atoms with Crippen molar-refractivity contribution in [1.82, 2.24) is 9.37 Å². The summed E-state index contributed by atoms with van der Waals surface area (Å²) >= 11 is 0. The van der Waals surface area contributed by atoms with Gasteiger partial charge in [-0.1, -0.05) is 30.3 Å². The Bertz CT molecular complexity index is 1510. The molecule has 0 unspecified atom stereocenters. The third-order valence-corrected chi connectivity index (χ3v) is 8.23. The van der Waals surface area contributed by atoms with Crippen molar-refractivity contribution in [3.8, 4) is 0 Å². The second kappa shape index (κ2) is 7.48. The quantitative estimate of drug-likeness (QED) is 0.521. The predicted molar refractivity (Wildman–Crippen MR) is 115 cm³/mol. The first-order valence-corrected chi connectivity index (χ1v) is 12.2. The molecule has 0 aromatic heterocycles. The van der Waals surface area contributed by atoms with Gasteiger partial charge in [-0.15, -0.1) is 9.35 Å². The van der Waals surface area contributed by atoms with E-state index in [1.54, 1.807) is 25.1 Å². The monoisotopic (exact) mass is 474 g/mol. The van der Waals surface area contributed by atoms with E-state index in [0.717, 1.165) is 10.4 Å². The van der Waals surface area contributed by atoms with Gasteiger partial charge in [0.05, 0.1) is 20.9 Å². The minimum absolute atomic E-state index is 0.0193. The predicted octanol–water partition coefficient (Wildman–Crippen LogP) is 2.32. The maximum atomic E-state index is 13.2. The summed E-state index contributed by atoms with van der Waals surface area (Å²) in [6, 6.07) is 12.9. The maximum absolute atomic E-state index is 13.2. The van der Waals surface area contributed by atoms with Gasteiger partial charge in [0, 0.05) is 19.5 Å². The Balaban J connectivity index is 1.88. The minimum Gasteiger partial charge on any atom is -0.266 e. The fourth-order valence-corrected chi connectivity index (χ4v) is 5.54. The van der Waals surface area contributed by atoms with Gasteiger partial charge in [0.15, 0.2) is 0 Å². The smallest absolute Gasteiger partial charge is 0.266 e. The Kier molecular flexibility index (Phi) is 5.17.